The standard InChI is InChI=1S/C28H23Cl2N5O2/c1-17(19-7-9-20(29)10-8-19)35-26-25(32-33-35)28(16-24(36)31-26)22-15-21(30)11-12-23(22)34(27(28)37)14-13-18-5-3-2-4-6-18/h2-12,15,17H,13-14,16H2,1H3,(H,31,36)/t17?,28-/m1/s1. The van der Waals surface area contributed by atoms with Gasteiger partial charge in [0.05, 0.1) is 12.5 Å². The molecule has 0 bridgehead atoms. The zero-order chi connectivity index (χ0) is 25.7. The van der Waals surface area contributed by atoms with E-state index in [1.807, 2.05) is 55.5 Å². The number of nitrogens with zero attached hydrogens (tertiary/aromatic N) is 4. The van der Waals surface area contributed by atoms with Crippen molar-refractivity contribution in [2.45, 2.75) is 31.2 Å². The van der Waals surface area contributed by atoms with Crippen LogP contribution in [0.25, 0.3) is 0 Å². The second-order valence-corrected chi connectivity index (χ2v) is 10.3. The summed E-state index contributed by atoms with van der Waals surface area (Å²) in [6.07, 6.45) is 0.603. The highest BCUT2D eigenvalue weighted by atomic mass is 35.5. The van der Waals surface area contributed by atoms with E-state index in [0.29, 0.717) is 40.1 Å². The monoisotopic (exact) mass is 531 g/mol. The molecule has 37 heavy (non-hydrogen) atoms. The topological polar surface area (TPSA) is 80.1 Å². The van der Waals surface area contributed by atoms with Crippen LogP contribution in [0.1, 0.15) is 41.8 Å². The molecular formula is C28H23Cl2N5O2. The summed E-state index contributed by atoms with van der Waals surface area (Å²) in [6.45, 7) is 2.42. The third kappa shape index (κ3) is 3.81. The smallest absolute Gasteiger partial charge is 0.244 e. The van der Waals surface area contributed by atoms with Gasteiger partial charge in [0, 0.05) is 22.3 Å². The average Bonchev–Trinajstić information content (AvgIpc) is 3.41. The molecule has 0 radical (unpaired) electrons. The van der Waals surface area contributed by atoms with Crippen molar-refractivity contribution in [3.05, 3.63) is 105 Å². The molecule has 0 saturated heterocycles. The summed E-state index contributed by atoms with van der Waals surface area (Å²) in [5.74, 6) is -0.0468. The molecule has 186 valence electrons. The fourth-order valence-corrected chi connectivity index (χ4v) is 5.70. The number of amides is 2. The van der Waals surface area contributed by atoms with E-state index in [9.17, 15) is 9.59 Å². The van der Waals surface area contributed by atoms with Gasteiger partial charge >= 0.3 is 0 Å². The summed E-state index contributed by atoms with van der Waals surface area (Å²) in [5.41, 5.74) is 2.62. The van der Waals surface area contributed by atoms with Gasteiger partial charge in [-0.2, -0.15) is 0 Å². The van der Waals surface area contributed by atoms with Gasteiger partial charge in [0.2, 0.25) is 11.8 Å². The van der Waals surface area contributed by atoms with Crippen molar-refractivity contribution in [1.82, 2.24) is 15.0 Å². The fraction of sp³-hybridized carbons (Fsp3) is 0.214. The molecule has 7 nitrogen and oxygen atoms in total. The molecular weight excluding hydrogens is 509 g/mol. The van der Waals surface area contributed by atoms with E-state index >= 15 is 0 Å². The van der Waals surface area contributed by atoms with Crippen LogP contribution in [0.4, 0.5) is 11.5 Å². The van der Waals surface area contributed by atoms with Crippen LogP contribution in [0.15, 0.2) is 72.8 Å². The molecule has 1 aromatic heterocycles. The van der Waals surface area contributed by atoms with Crippen LogP contribution in [-0.2, 0) is 21.4 Å². The molecule has 2 amide bonds. The highest BCUT2D eigenvalue weighted by molar-refractivity contribution is 6.31. The Morgan fingerprint density at radius 1 is 1.00 bits per heavy atom. The molecule has 0 fully saturated rings. The summed E-state index contributed by atoms with van der Waals surface area (Å²) in [4.78, 5) is 29.2. The molecule has 0 aliphatic carbocycles. The minimum absolute atomic E-state index is 0.0674. The van der Waals surface area contributed by atoms with Gasteiger partial charge in [-0.05, 0) is 60.4 Å². The number of halogens is 2. The highest BCUT2D eigenvalue weighted by Gasteiger charge is 2.58. The molecule has 2 aliphatic rings. The lowest BCUT2D eigenvalue weighted by molar-refractivity contribution is -0.126. The first-order chi connectivity index (χ1) is 17.9. The van der Waals surface area contributed by atoms with Crippen LogP contribution in [0.5, 0.6) is 0 Å². The van der Waals surface area contributed by atoms with Crippen molar-refractivity contribution in [3.8, 4) is 0 Å². The SMILES string of the molecule is CC(c1ccc(Cl)cc1)n1nnc2c1NC(=O)C[C@]21C(=O)N(CCc2ccccc2)c2ccc(Cl)cc21. The lowest BCUT2D eigenvalue weighted by atomic mass is 9.73. The third-order valence-corrected chi connectivity index (χ3v) is 7.77. The molecule has 2 atom stereocenters. The Morgan fingerprint density at radius 2 is 1.73 bits per heavy atom. The van der Waals surface area contributed by atoms with E-state index in [2.05, 4.69) is 15.6 Å². The summed E-state index contributed by atoms with van der Waals surface area (Å²) in [6, 6.07) is 22.6. The summed E-state index contributed by atoms with van der Waals surface area (Å²) in [7, 11) is 0. The zero-order valence-corrected chi connectivity index (χ0v) is 21.5. The Hall–Kier alpha value is -3.68. The van der Waals surface area contributed by atoms with Crippen LogP contribution in [-0.4, -0.2) is 33.4 Å². The Bertz CT molecular complexity index is 1520. The van der Waals surface area contributed by atoms with Gasteiger partial charge in [-0.3, -0.25) is 9.59 Å². The van der Waals surface area contributed by atoms with Crippen molar-refractivity contribution in [3.63, 3.8) is 0 Å². The van der Waals surface area contributed by atoms with Crippen LogP contribution in [0.3, 0.4) is 0 Å². The fourth-order valence-electron chi connectivity index (χ4n) is 5.40. The van der Waals surface area contributed by atoms with E-state index in [-0.39, 0.29) is 24.3 Å². The summed E-state index contributed by atoms with van der Waals surface area (Å²) in [5, 5.41) is 13.0. The van der Waals surface area contributed by atoms with Crippen molar-refractivity contribution in [2.75, 3.05) is 16.8 Å². The molecule has 1 spiro atoms. The summed E-state index contributed by atoms with van der Waals surface area (Å²) < 4.78 is 1.65. The Balaban J connectivity index is 1.45. The van der Waals surface area contributed by atoms with Gasteiger partial charge in [0.25, 0.3) is 0 Å². The highest BCUT2D eigenvalue weighted by Crippen LogP contribution is 2.52. The average molecular weight is 532 g/mol. The minimum atomic E-state index is -1.30. The van der Waals surface area contributed by atoms with Crippen LogP contribution in [0, 0.1) is 0 Å². The van der Waals surface area contributed by atoms with Crippen molar-refractivity contribution in [1.29, 1.82) is 0 Å². The predicted molar refractivity (Wildman–Crippen MR) is 143 cm³/mol. The minimum Gasteiger partial charge on any atom is -0.311 e. The quantitative estimate of drug-likeness (QED) is 0.373. The number of anilines is 2. The molecule has 0 saturated carbocycles. The number of fused-ring (bicyclic) bond motifs is 4. The number of aromatic nitrogens is 3. The Labute approximate surface area is 224 Å². The number of hydrogen-bond acceptors (Lipinski definition) is 4. The molecule has 1 N–H and O–H groups in total. The maximum absolute atomic E-state index is 14.3. The van der Waals surface area contributed by atoms with Gasteiger partial charge in [-0.1, -0.05) is 70.9 Å². The number of carbonyl (C=O) groups excluding carboxylic acids is 2. The van der Waals surface area contributed by atoms with Gasteiger partial charge in [-0.25, -0.2) is 4.68 Å². The first kappa shape index (κ1) is 23.7. The van der Waals surface area contributed by atoms with E-state index < -0.39 is 5.41 Å². The van der Waals surface area contributed by atoms with Gasteiger partial charge in [-0.15, -0.1) is 5.10 Å². The second-order valence-electron chi connectivity index (χ2n) is 9.44. The number of nitrogens with one attached hydrogen (secondary N) is 1. The van der Waals surface area contributed by atoms with Gasteiger partial charge < -0.3 is 10.2 Å². The van der Waals surface area contributed by atoms with Crippen molar-refractivity contribution >= 4 is 46.5 Å². The first-order valence-electron chi connectivity index (χ1n) is 12.1. The maximum atomic E-state index is 14.3. The lowest BCUT2D eigenvalue weighted by Gasteiger charge is -2.31. The molecule has 6 rings (SSSR count). The van der Waals surface area contributed by atoms with E-state index in [1.54, 1.807) is 33.8 Å². The van der Waals surface area contributed by atoms with Crippen LogP contribution in [0.2, 0.25) is 10.0 Å². The largest absolute Gasteiger partial charge is 0.311 e. The predicted octanol–water partition coefficient (Wildman–Crippen LogP) is 5.41. The van der Waals surface area contributed by atoms with Crippen molar-refractivity contribution in [2.24, 2.45) is 0 Å². The van der Waals surface area contributed by atoms with Gasteiger partial charge in [0.1, 0.15) is 11.1 Å². The van der Waals surface area contributed by atoms with E-state index in [1.165, 1.54) is 0 Å². The molecule has 3 aromatic carbocycles. The number of rotatable bonds is 5. The maximum Gasteiger partial charge on any atom is 0.244 e. The number of carbonyl (C=O) groups is 2. The molecule has 1 unspecified atom stereocenters. The third-order valence-electron chi connectivity index (χ3n) is 7.29. The number of hydrogen-bond donors (Lipinski definition) is 1. The number of benzene rings is 3. The zero-order valence-electron chi connectivity index (χ0n) is 20.0. The molecule has 4 aromatic rings. The first-order valence-corrected chi connectivity index (χ1v) is 12.8. The molecule has 3 heterocycles. The lowest BCUT2D eigenvalue weighted by Crippen LogP contribution is -2.47. The van der Waals surface area contributed by atoms with Crippen LogP contribution < -0.4 is 10.2 Å². The summed E-state index contributed by atoms with van der Waals surface area (Å²) >= 11 is 12.5. The Morgan fingerprint density at radius 3 is 2.49 bits per heavy atom. The normalized spacial score (nSPS) is 19.1. The van der Waals surface area contributed by atoms with E-state index in [4.69, 9.17) is 23.2 Å². The second kappa shape index (κ2) is 9.01. The van der Waals surface area contributed by atoms with Crippen molar-refractivity contribution < 1.29 is 9.59 Å². The van der Waals surface area contributed by atoms with Gasteiger partial charge in [0.15, 0.2) is 5.82 Å². The molecule has 9 heteroatoms. The Kier molecular flexibility index (Phi) is 5.77. The van der Waals surface area contributed by atoms with Crippen LogP contribution >= 0.6 is 23.2 Å². The van der Waals surface area contributed by atoms with E-state index in [0.717, 1.165) is 16.8 Å². The molecule has 2 aliphatic heterocycles.